The average Bonchev–Trinajstić information content (AvgIpc) is 2.25. The smallest absolute Gasteiger partial charge is 0.398 e. The Morgan fingerprint density at radius 1 is 1.32 bits per heavy atom. The highest BCUT2D eigenvalue weighted by molar-refractivity contribution is 7.99. The fourth-order valence-corrected chi connectivity index (χ4v) is 2.42. The molecule has 108 valence electrons. The molecule has 0 aliphatic rings. The van der Waals surface area contributed by atoms with Gasteiger partial charge in [0.25, 0.3) is 0 Å². The van der Waals surface area contributed by atoms with Gasteiger partial charge in [0.15, 0.2) is 0 Å². The van der Waals surface area contributed by atoms with Gasteiger partial charge in [0.05, 0.1) is 11.2 Å². The molecule has 0 saturated carbocycles. The van der Waals surface area contributed by atoms with Crippen LogP contribution in [0.2, 0.25) is 0 Å². The van der Waals surface area contributed by atoms with Crippen LogP contribution in [-0.4, -0.2) is 16.5 Å². The van der Waals surface area contributed by atoms with Crippen molar-refractivity contribution in [2.24, 2.45) is 5.92 Å². The van der Waals surface area contributed by atoms with E-state index in [2.05, 4.69) is 0 Å². The quantitative estimate of drug-likeness (QED) is 0.656. The van der Waals surface area contributed by atoms with Gasteiger partial charge in [0.1, 0.15) is 0 Å². The van der Waals surface area contributed by atoms with Crippen LogP contribution in [0.3, 0.4) is 0 Å². The van der Waals surface area contributed by atoms with E-state index in [9.17, 15) is 18.3 Å². The fraction of sp³-hybridized carbons (Fsp3) is 0.538. The van der Waals surface area contributed by atoms with E-state index in [0.29, 0.717) is 10.6 Å². The summed E-state index contributed by atoms with van der Waals surface area (Å²) in [5, 5.41) is 10.1. The lowest BCUT2D eigenvalue weighted by atomic mass is 9.95. The first-order chi connectivity index (χ1) is 8.54. The van der Waals surface area contributed by atoms with Crippen LogP contribution in [0.25, 0.3) is 0 Å². The summed E-state index contributed by atoms with van der Waals surface area (Å²) in [5.74, 6) is 0.427. The van der Waals surface area contributed by atoms with E-state index in [1.54, 1.807) is 6.92 Å². The zero-order chi connectivity index (χ0) is 14.8. The summed E-state index contributed by atoms with van der Waals surface area (Å²) in [5.41, 5.74) is 4.06. The number of alkyl halides is 3. The van der Waals surface area contributed by atoms with Gasteiger partial charge in [0, 0.05) is 16.3 Å². The van der Waals surface area contributed by atoms with Gasteiger partial charge < -0.3 is 10.8 Å². The lowest BCUT2D eigenvalue weighted by Crippen LogP contribution is -2.33. The minimum atomic E-state index is -4.39. The molecule has 6 heteroatoms. The minimum Gasteiger partial charge on any atom is -0.398 e. The van der Waals surface area contributed by atoms with Crippen LogP contribution in [0.15, 0.2) is 23.1 Å². The summed E-state index contributed by atoms with van der Waals surface area (Å²) in [6, 6.07) is 3.27. The van der Waals surface area contributed by atoms with Gasteiger partial charge in [0.2, 0.25) is 0 Å². The number of hydrogen-bond acceptors (Lipinski definition) is 3. The summed E-state index contributed by atoms with van der Waals surface area (Å²) >= 11 is 1.26. The van der Waals surface area contributed by atoms with E-state index in [1.807, 2.05) is 13.8 Å². The lowest BCUT2D eigenvalue weighted by Gasteiger charge is -2.27. The van der Waals surface area contributed by atoms with Crippen molar-refractivity contribution in [1.82, 2.24) is 0 Å². The maximum Gasteiger partial charge on any atom is 0.416 e. The Bertz CT molecular complexity index is 444. The van der Waals surface area contributed by atoms with Crippen molar-refractivity contribution in [3.63, 3.8) is 0 Å². The summed E-state index contributed by atoms with van der Waals surface area (Å²) in [6.07, 6.45) is -4.39. The van der Waals surface area contributed by atoms with E-state index >= 15 is 0 Å². The molecule has 19 heavy (non-hydrogen) atoms. The molecule has 0 aliphatic heterocycles. The second-order valence-electron chi connectivity index (χ2n) is 5.05. The Balaban J connectivity index is 2.82. The Morgan fingerprint density at radius 3 is 2.32 bits per heavy atom. The maximum atomic E-state index is 12.5. The van der Waals surface area contributed by atoms with Gasteiger partial charge in [-0.25, -0.2) is 0 Å². The van der Waals surface area contributed by atoms with Crippen molar-refractivity contribution in [3.8, 4) is 0 Å². The Kier molecular flexibility index (Phi) is 4.79. The summed E-state index contributed by atoms with van der Waals surface area (Å²) in [7, 11) is 0. The average molecular weight is 293 g/mol. The van der Waals surface area contributed by atoms with Crippen LogP contribution < -0.4 is 5.73 Å². The molecule has 3 N–H and O–H groups in total. The van der Waals surface area contributed by atoms with Crippen molar-refractivity contribution in [2.45, 2.75) is 37.4 Å². The van der Waals surface area contributed by atoms with Crippen LogP contribution in [0.5, 0.6) is 0 Å². The van der Waals surface area contributed by atoms with Gasteiger partial charge in [-0.1, -0.05) is 13.8 Å². The van der Waals surface area contributed by atoms with Crippen molar-refractivity contribution in [3.05, 3.63) is 23.8 Å². The number of anilines is 1. The molecule has 0 aliphatic carbocycles. The second kappa shape index (κ2) is 5.63. The van der Waals surface area contributed by atoms with E-state index in [1.165, 1.54) is 17.8 Å². The highest BCUT2D eigenvalue weighted by Gasteiger charge is 2.31. The van der Waals surface area contributed by atoms with Crippen LogP contribution in [0.1, 0.15) is 26.3 Å². The highest BCUT2D eigenvalue weighted by Crippen LogP contribution is 2.35. The van der Waals surface area contributed by atoms with E-state index < -0.39 is 17.3 Å². The Labute approximate surface area is 115 Å². The largest absolute Gasteiger partial charge is 0.416 e. The molecule has 1 aromatic rings. The van der Waals surface area contributed by atoms with E-state index in [4.69, 9.17) is 5.73 Å². The number of hydrogen-bond donors (Lipinski definition) is 2. The monoisotopic (exact) mass is 293 g/mol. The van der Waals surface area contributed by atoms with Gasteiger partial charge in [-0.3, -0.25) is 0 Å². The van der Waals surface area contributed by atoms with Crippen LogP contribution in [0, 0.1) is 5.92 Å². The zero-order valence-electron chi connectivity index (χ0n) is 11.1. The Morgan fingerprint density at radius 2 is 1.89 bits per heavy atom. The summed E-state index contributed by atoms with van der Waals surface area (Å²) in [6.45, 7) is 5.47. The number of nitrogens with two attached hydrogens (primary N) is 1. The molecule has 1 atom stereocenters. The molecule has 0 saturated heterocycles. The number of rotatable bonds is 4. The number of thioether (sulfide) groups is 1. The minimum absolute atomic E-state index is 0.0515. The zero-order valence-corrected chi connectivity index (χ0v) is 11.9. The maximum absolute atomic E-state index is 12.5. The molecule has 0 heterocycles. The molecular formula is C13H18F3NOS. The fourth-order valence-electron chi connectivity index (χ4n) is 1.25. The van der Waals surface area contributed by atoms with Crippen molar-refractivity contribution in [2.75, 3.05) is 11.5 Å². The van der Waals surface area contributed by atoms with Crippen molar-refractivity contribution < 1.29 is 18.3 Å². The standard InChI is InChI=1S/C13H18F3NOS/c1-8(2)12(3,18)7-19-11-5-4-9(6-10(11)17)13(14,15)16/h4-6,8,18H,7,17H2,1-3H3. The summed E-state index contributed by atoms with van der Waals surface area (Å²) < 4.78 is 37.4. The molecular weight excluding hydrogens is 275 g/mol. The van der Waals surface area contributed by atoms with E-state index in [0.717, 1.165) is 12.1 Å². The molecule has 1 unspecified atom stereocenters. The molecule has 0 aromatic heterocycles. The lowest BCUT2D eigenvalue weighted by molar-refractivity contribution is -0.137. The number of aliphatic hydroxyl groups is 1. The molecule has 2 nitrogen and oxygen atoms in total. The van der Waals surface area contributed by atoms with Crippen LogP contribution in [0.4, 0.5) is 18.9 Å². The van der Waals surface area contributed by atoms with Crippen molar-refractivity contribution in [1.29, 1.82) is 0 Å². The first kappa shape index (κ1) is 16.2. The molecule has 0 amide bonds. The van der Waals surface area contributed by atoms with Crippen molar-refractivity contribution >= 4 is 17.4 Å². The second-order valence-corrected chi connectivity index (χ2v) is 6.07. The van der Waals surface area contributed by atoms with Gasteiger partial charge in [-0.15, -0.1) is 11.8 Å². The number of nitrogen functional groups attached to an aromatic ring is 1. The van der Waals surface area contributed by atoms with Crippen LogP contribution in [-0.2, 0) is 6.18 Å². The predicted octanol–water partition coefficient (Wildman–Crippen LogP) is 3.79. The Hall–Kier alpha value is -0.880. The van der Waals surface area contributed by atoms with Crippen LogP contribution >= 0.6 is 11.8 Å². The van der Waals surface area contributed by atoms with Gasteiger partial charge >= 0.3 is 6.18 Å². The molecule has 0 bridgehead atoms. The topological polar surface area (TPSA) is 46.2 Å². The highest BCUT2D eigenvalue weighted by atomic mass is 32.2. The third-order valence-corrected chi connectivity index (χ3v) is 4.51. The summed E-state index contributed by atoms with van der Waals surface area (Å²) in [4.78, 5) is 0.550. The molecule has 1 rings (SSSR count). The van der Waals surface area contributed by atoms with Gasteiger partial charge in [-0.05, 0) is 31.0 Å². The third-order valence-electron chi connectivity index (χ3n) is 3.10. The molecule has 0 radical (unpaired) electrons. The number of benzene rings is 1. The third kappa shape index (κ3) is 4.31. The first-order valence-corrected chi connectivity index (χ1v) is 6.84. The normalized spacial score (nSPS) is 15.6. The SMILES string of the molecule is CC(C)C(C)(O)CSc1ccc(C(F)(F)F)cc1N. The predicted molar refractivity (Wildman–Crippen MR) is 72.0 cm³/mol. The number of halogens is 3. The molecule has 1 aromatic carbocycles. The van der Waals surface area contributed by atoms with Gasteiger partial charge in [-0.2, -0.15) is 13.2 Å². The first-order valence-electron chi connectivity index (χ1n) is 5.86. The molecule has 0 fully saturated rings. The molecule has 0 spiro atoms. The van der Waals surface area contributed by atoms with E-state index in [-0.39, 0.29) is 11.6 Å².